The summed E-state index contributed by atoms with van der Waals surface area (Å²) < 4.78 is 18.9. The van der Waals surface area contributed by atoms with Gasteiger partial charge < -0.3 is 4.74 Å². The Labute approximate surface area is 89.2 Å². The molecule has 2 rings (SSSR count). The zero-order valence-electron chi connectivity index (χ0n) is 7.30. The average Bonchev–Trinajstić information content (AvgIpc) is 2.51. The molecule has 14 heavy (non-hydrogen) atoms. The van der Waals surface area contributed by atoms with Crippen LogP contribution in [-0.2, 0) is 9.53 Å². The first-order valence-electron chi connectivity index (χ1n) is 4.27. The number of carbonyl (C=O) groups excluding carboxylic acids is 1. The molecule has 4 heteroatoms. The third-order valence-corrected chi connectivity index (χ3v) is 2.75. The third-order valence-electron chi connectivity index (χ3n) is 2.26. The highest BCUT2D eigenvalue weighted by atomic mass is 79.9. The lowest BCUT2D eigenvalue weighted by Crippen LogP contribution is -2.00. The van der Waals surface area contributed by atoms with Crippen molar-refractivity contribution in [2.24, 2.45) is 0 Å². The van der Waals surface area contributed by atoms with E-state index in [1.54, 1.807) is 12.1 Å². The maximum Gasteiger partial charge on any atom is 0.306 e. The van der Waals surface area contributed by atoms with Gasteiger partial charge in [0.1, 0.15) is 5.82 Å². The largest absolute Gasteiger partial charge is 0.465 e. The molecule has 0 aromatic heterocycles. The molecule has 1 aliphatic rings. The molecule has 0 bridgehead atoms. The molecule has 1 aromatic carbocycles. The van der Waals surface area contributed by atoms with E-state index in [0.29, 0.717) is 10.0 Å². The number of halogens is 2. The third kappa shape index (κ3) is 1.80. The Morgan fingerprint density at radius 1 is 1.50 bits per heavy atom. The smallest absolute Gasteiger partial charge is 0.306 e. The second kappa shape index (κ2) is 3.69. The van der Waals surface area contributed by atoms with E-state index < -0.39 is 0 Å². The van der Waals surface area contributed by atoms with Crippen molar-refractivity contribution in [2.45, 2.75) is 12.3 Å². The highest BCUT2D eigenvalue weighted by Crippen LogP contribution is 2.29. The minimum absolute atomic E-state index is 0.129. The fourth-order valence-corrected chi connectivity index (χ4v) is 1.88. The van der Waals surface area contributed by atoms with E-state index in [2.05, 4.69) is 15.9 Å². The molecular weight excluding hydrogens is 251 g/mol. The van der Waals surface area contributed by atoms with E-state index in [0.717, 1.165) is 0 Å². The number of rotatable bonds is 1. The standard InChI is InChI=1S/C10H8BrFO2/c11-7-1-2-8(9(12)4-7)6-3-10(13)14-5-6/h1-2,4,6H,3,5H2. The molecule has 1 unspecified atom stereocenters. The summed E-state index contributed by atoms with van der Waals surface area (Å²) in [7, 11) is 0. The fourth-order valence-electron chi connectivity index (χ4n) is 1.54. The molecule has 1 atom stereocenters. The molecule has 0 amide bonds. The van der Waals surface area contributed by atoms with Gasteiger partial charge in [-0.3, -0.25) is 4.79 Å². The predicted octanol–water partition coefficient (Wildman–Crippen LogP) is 2.62. The molecule has 0 saturated carbocycles. The van der Waals surface area contributed by atoms with Gasteiger partial charge in [-0.05, 0) is 17.7 Å². The first kappa shape index (κ1) is 9.65. The molecule has 0 radical (unpaired) electrons. The monoisotopic (exact) mass is 258 g/mol. The topological polar surface area (TPSA) is 26.3 Å². The Balaban J connectivity index is 2.28. The van der Waals surface area contributed by atoms with Crippen LogP contribution in [0.15, 0.2) is 22.7 Å². The van der Waals surface area contributed by atoms with Crippen LogP contribution in [0.3, 0.4) is 0 Å². The van der Waals surface area contributed by atoms with Gasteiger partial charge in [0.05, 0.1) is 13.0 Å². The number of hydrogen-bond acceptors (Lipinski definition) is 2. The quantitative estimate of drug-likeness (QED) is 0.724. The average molecular weight is 259 g/mol. The number of cyclic esters (lactones) is 1. The molecule has 2 nitrogen and oxygen atoms in total. The molecule has 0 N–H and O–H groups in total. The van der Waals surface area contributed by atoms with Crippen molar-refractivity contribution in [3.05, 3.63) is 34.1 Å². The summed E-state index contributed by atoms with van der Waals surface area (Å²) in [5.74, 6) is -0.671. The highest BCUT2D eigenvalue weighted by Gasteiger charge is 2.27. The Kier molecular flexibility index (Phi) is 2.54. The van der Waals surface area contributed by atoms with E-state index in [9.17, 15) is 9.18 Å². The number of benzene rings is 1. The van der Waals surface area contributed by atoms with Crippen LogP contribution in [-0.4, -0.2) is 12.6 Å². The first-order chi connectivity index (χ1) is 6.66. The van der Waals surface area contributed by atoms with E-state index in [-0.39, 0.29) is 30.7 Å². The Hall–Kier alpha value is -0.900. The highest BCUT2D eigenvalue weighted by molar-refractivity contribution is 9.10. The van der Waals surface area contributed by atoms with Gasteiger partial charge in [-0.2, -0.15) is 0 Å². The van der Waals surface area contributed by atoms with E-state index in [4.69, 9.17) is 4.74 Å². The zero-order chi connectivity index (χ0) is 10.1. The van der Waals surface area contributed by atoms with E-state index >= 15 is 0 Å². The second-order valence-electron chi connectivity index (χ2n) is 3.25. The summed E-state index contributed by atoms with van der Waals surface area (Å²) in [6, 6.07) is 4.85. The summed E-state index contributed by atoms with van der Waals surface area (Å²) in [6.45, 7) is 0.289. The van der Waals surface area contributed by atoms with Crippen LogP contribution in [0, 0.1) is 5.82 Å². The van der Waals surface area contributed by atoms with Gasteiger partial charge >= 0.3 is 5.97 Å². The van der Waals surface area contributed by atoms with Gasteiger partial charge in [0.2, 0.25) is 0 Å². The summed E-state index contributed by atoms with van der Waals surface area (Å²) >= 11 is 3.18. The molecule has 0 aliphatic carbocycles. The second-order valence-corrected chi connectivity index (χ2v) is 4.17. The SMILES string of the molecule is O=C1CC(c2ccc(Br)cc2F)CO1. The molecule has 1 heterocycles. The minimum Gasteiger partial charge on any atom is -0.465 e. The van der Waals surface area contributed by atoms with Crippen LogP contribution in [0.1, 0.15) is 17.9 Å². The van der Waals surface area contributed by atoms with Crippen molar-refractivity contribution < 1.29 is 13.9 Å². The van der Waals surface area contributed by atoms with Gasteiger partial charge in [0, 0.05) is 10.4 Å². The molecule has 1 aliphatic heterocycles. The maximum atomic E-state index is 13.4. The van der Waals surface area contributed by atoms with Gasteiger partial charge in [-0.1, -0.05) is 22.0 Å². The number of esters is 1. The zero-order valence-corrected chi connectivity index (χ0v) is 8.88. The van der Waals surface area contributed by atoms with Crippen molar-refractivity contribution in [3.8, 4) is 0 Å². The van der Waals surface area contributed by atoms with Crippen LogP contribution < -0.4 is 0 Å². The van der Waals surface area contributed by atoms with Crippen molar-refractivity contribution in [1.82, 2.24) is 0 Å². The lowest BCUT2D eigenvalue weighted by molar-refractivity contribution is -0.137. The number of carbonyl (C=O) groups is 1. The van der Waals surface area contributed by atoms with Gasteiger partial charge in [-0.15, -0.1) is 0 Å². The summed E-state index contributed by atoms with van der Waals surface area (Å²) in [4.78, 5) is 10.9. The van der Waals surface area contributed by atoms with Crippen LogP contribution in [0.4, 0.5) is 4.39 Å². The fraction of sp³-hybridized carbons (Fsp3) is 0.300. The molecule has 74 valence electrons. The van der Waals surface area contributed by atoms with Crippen LogP contribution in [0.2, 0.25) is 0 Å². The summed E-state index contributed by atoms with van der Waals surface area (Å²) in [6.07, 6.45) is 0.276. The lowest BCUT2D eigenvalue weighted by Gasteiger charge is -2.07. The molecule has 1 saturated heterocycles. The van der Waals surface area contributed by atoms with Crippen molar-refractivity contribution in [1.29, 1.82) is 0 Å². The van der Waals surface area contributed by atoms with Crippen LogP contribution in [0.5, 0.6) is 0 Å². The molecular formula is C10H8BrFO2. The van der Waals surface area contributed by atoms with E-state index in [1.807, 2.05) is 0 Å². The summed E-state index contributed by atoms with van der Waals surface area (Å²) in [5, 5.41) is 0. The molecule has 0 spiro atoms. The Morgan fingerprint density at radius 2 is 2.29 bits per heavy atom. The van der Waals surface area contributed by atoms with E-state index in [1.165, 1.54) is 6.07 Å². The number of hydrogen-bond donors (Lipinski definition) is 0. The maximum absolute atomic E-state index is 13.4. The Morgan fingerprint density at radius 3 is 2.86 bits per heavy atom. The van der Waals surface area contributed by atoms with Gasteiger partial charge in [0.25, 0.3) is 0 Å². The number of ether oxygens (including phenoxy) is 1. The van der Waals surface area contributed by atoms with Gasteiger partial charge in [-0.25, -0.2) is 4.39 Å². The van der Waals surface area contributed by atoms with Crippen molar-refractivity contribution in [2.75, 3.05) is 6.61 Å². The van der Waals surface area contributed by atoms with Crippen molar-refractivity contribution in [3.63, 3.8) is 0 Å². The molecule has 1 aromatic rings. The normalized spacial score (nSPS) is 21.0. The lowest BCUT2D eigenvalue weighted by atomic mass is 9.98. The minimum atomic E-state index is -0.289. The predicted molar refractivity (Wildman–Crippen MR) is 52.4 cm³/mol. The Bertz CT molecular complexity index is 378. The van der Waals surface area contributed by atoms with Crippen LogP contribution in [0.25, 0.3) is 0 Å². The van der Waals surface area contributed by atoms with Crippen LogP contribution >= 0.6 is 15.9 Å². The summed E-state index contributed by atoms with van der Waals surface area (Å²) in [5.41, 5.74) is 0.555. The molecule has 1 fully saturated rings. The first-order valence-corrected chi connectivity index (χ1v) is 5.06. The van der Waals surface area contributed by atoms with Gasteiger partial charge in [0.15, 0.2) is 0 Å². The van der Waals surface area contributed by atoms with Crippen molar-refractivity contribution >= 4 is 21.9 Å².